The van der Waals surface area contributed by atoms with E-state index in [1.807, 2.05) is 36.4 Å². The first-order chi connectivity index (χ1) is 12.2. The van der Waals surface area contributed by atoms with Crippen LogP contribution in [0.15, 0.2) is 65.7 Å². The number of benzene rings is 3. The molecule has 1 aliphatic rings. The number of rotatable bonds is 3. The van der Waals surface area contributed by atoms with Crippen LogP contribution < -0.4 is 15.6 Å². The normalized spacial score (nSPS) is 12.0. The van der Waals surface area contributed by atoms with Crippen LogP contribution in [0.3, 0.4) is 0 Å². The van der Waals surface area contributed by atoms with Gasteiger partial charge < -0.3 is 4.74 Å². The van der Waals surface area contributed by atoms with Gasteiger partial charge in [0, 0.05) is 16.0 Å². The van der Waals surface area contributed by atoms with Crippen molar-refractivity contribution in [2.24, 2.45) is 4.99 Å². The number of nitrogens with one attached hydrogen (secondary N) is 2. The molecule has 25 heavy (non-hydrogen) atoms. The summed E-state index contributed by atoms with van der Waals surface area (Å²) < 4.78 is 5.41. The number of halogens is 1. The second-order valence-corrected chi connectivity index (χ2v) is 5.99. The highest BCUT2D eigenvalue weighted by molar-refractivity contribution is 6.30. The molecule has 4 rings (SSSR count). The molecule has 3 aromatic rings. The third-order valence-corrected chi connectivity index (χ3v) is 4.13. The number of amidine groups is 1. The molecule has 6 heteroatoms. The van der Waals surface area contributed by atoms with Crippen molar-refractivity contribution in [1.82, 2.24) is 10.9 Å². The number of hydrogen-bond donors (Lipinski definition) is 2. The number of carbonyl (C=O) groups is 1. The van der Waals surface area contributed by atoms with Crippen molar-refractivity contribution >= 4 is 39.8 Å². The zero-order chi connectivity index (χ0) is 17.2. The third kappa shape index (κ3) is 3.14. The first kappa shape index (κ1) is 15.5. The summed E-state index contributed by atoms with van der Waals surface area (Å²) in [5.41, 5.74) is 7.35. The van der Waals surface area contributed by atoms with Crippen molar-refractivity contribution < 1.29 is 9.53 Å². The molecule has 1 amide bonds. The number of carbonyl (C=O) groups excluding carboxylic acids is 1. The number of hydrogen-bond acceptors (Lipinski definition) is 4. The van der Waals surface area contributed by atoms with Crippen LogP contribution in [0.1, 0.15) is 5.56 Å². The molecule has 1 heterocycles. The van der Waals surface area contributed by atoms with Crippen LogP contribution in [-0.4, -0.2) is 18.3 Å². The smallest absolute Gasteiger partial charge is 0.276 e. The Morgan fingerprint density at radius 3 is 2.60 bits per heavy atom. The van der Waals surface area contributed by atoms with Crippen LogP contribution in [0.25, 0.3) is 10.8 Å². The molecule has 3 aromatic carbocycles. The first-order valence-corrected chi connectivity index (χ1v) is 8.12. The van der Waals surface area contributed by atoms with E-state index in [1.54, 1.807) is 24.3 Å². The maximum Gasteiger partial charge on any atom is 0.276 e. The van der Waals surface area contributed by atoms with E-state index in [0.717, 1.165) is 22.0 Å². The SMILES string of the molecule is O=C(COc1ccc(Cl)cc1)NNC1=Nc2cccc3cccc1c23. The van der Waals surface area contributed by atoms with E-state index in [1.165, 1.54) is 0 Å². The highest BCUT2D eigenvalue weighted by Crippen LogP contribution is 2.34. The maximum absolute atomic E-state index is 12.0. The van der Waals surface area contributed by atoms with E-state index in [2.05, 4.69) is 15.8 Å². The van der Waals surface area contributed by atoms with E-state index >= 15 is 0 Å². The molecule has 0 aromatic heterocycles. The highest BCUT2D eigenvalue weighted by atomic mass is 35.5. The lowest BCUT2D eigenvalue weighted by molar-refractivity contribution is -0.123. The molecule has 0 spiro atoms. The standard InChI is InChI=1S/C19H14ClN3O2/c20-13-7-9-14(10-8-13)25-11-17(24)22-23-19-15-5-1-3-12-4-2-6-16(21-19)18(12)15/h1-10H,11H2,(H,21,23)(H,22,24). The van der Waals surface area contributed by atoms with Gasteiger partial charge in [0.25, 0.3) is 5.91 Å². The Hall–Kier alpha value is -3.05. The summed E-state index contributed by atoms with van der Waals surface area (Å²) >= 11 is 5.81. The average Bonchev–Trinajstić information content (AvgIpc) is 3.00. The number of nitrogens with zero attached hydrogens (tertiary/aromatic N) is 1. The van der Waals surface area contributed by atoms with Crippen LogP contribution in [0.2, 0.25) is 5.02 Å². The van der Waals surface area contributed by atoms with Crippen molar-refractivity contribution in [2.75, 3.05) is 6.61 Å². The molecule has 0 unspecified atom stereocenters. The summed E-state index contributed by atoms with van der Waals surface area (Å²) in [5, 5.41) is 2.82. The van der Waals surface area contributed by atoms with Crippen LogP contribution in [0.5, 0.6) is 5.75 Å². The summed E-state index contributed by atoms with van der Waals surface area (Å²) in [4.78, 5) is 16.5. The van der Waals surface area contributed by atoms with E-state index in [-0.39, 0.29) is 12.5 Å². The van der Waals surface area contributed by atoms with Crippen LogP contribution in [0, 0.1) is 0 Å². The van der Waals surface area contributed by atoms with Gasteiger partial charge in [-0.25, -0.2) is 4.99 Å². The van der Waals surface area contributed by atoms with Crippen molar-refractivity contribution in [3.63, 3.8) is 0 Å². The molecular weight excluding hydrogens is 338 g/mol. The molecule has 0 atom stereocenters. The number of amides is 1. The van der Waals surface area contributed by atoms with Crippen LogP contribution in [-0.2, 0) is 4.79 Å². The Bertz CT molecular complexity index is 978. The molecular formula is C19H14ClN3O2. The zero-order valence-corrected chi connectivity index (χ0v) is 13.9. The number of hydrazine groups is 1. The lowest BCUT2D eigenvalue weighted by Gasteiger charge is -2.10. The molecule has 0 saturated heterocycles. The predicted molar refractivity (Wildman–Crippen MR) is 98.4 cm³/mol. The fourth-order valence-electron chi connectivity index (χ4n) is 2.73. The van der Waals surface area contributed by atoms with Crippen molar-refractivity contribution in [1.29, 1.82) is 0 Å². The second-order valence-electron chi connectivity index (χ2n) is 5.56. The Balaban J connectivity index is 1.38. The first-order valence-electron chi connectivity index (χ1n) is 7.75. The molecule has 1 aliphatic heterocycles. The van der Waals surface area contributed by atoms with Gasteiger partial charge in [0.2, 0.25) is 0 Å². The summed E-state index contributed by atoms with van der Waals surface area (Å²) in [6.07, 6.45) is 0. The second kappa shape index (κ2) is 6.45. The Labute approximate surface area is 149 Å². The molecule has 0 fully saturated rings. The van der Waals surface area contributed by atoms with Gasteiger partial charge in [-0.3, -0.25) is 15.6 Å². The van der Waals surface area contributed by atoms with Gasteiger partial charge in [-0.15, -0.1) is 0 Å². The van der Waals surface area contributed by atoms with Gasteiger partial charge in [-0.1, -0.05) is 41.9 Å². The predicted octanol–water partition coefficient (Wildman–Crippen LogP) is 3.58. The summed E-state index contributed by atoms with van der Waals surface area (Å²) in [5.74, 6) is 0.891. The van der Waals surface area contributed by atoms with Gasteiger partial charge in [-0.05, 0) is 35.7 Å². The van der Waals surface area contributed by atoms with Gasteiger partial charge in [0.05, 0.1) is 5.69 Å². The largest absolute Gasteiger partial charge is 0.484 e. The number of ether oxygens (including phenoxy) is 1. The van der Waals surface area contributed by atoms with Crippen LogP contribution >= 0.6 is 11.6 Å². The molecule has 124 valence electrons. The monoisotopic (exact) mass is 351 g/mol. The molecule has 0 aliphatic carbocycles. The van der Waals surface area contributed by atoms with Crippen molar-refractivity contribution in [3.05, 3.63) is 71.2 Å². The van der Waals surface area contributed by atoms with Crippen LogP contribution in [0.4, 0.5) is 5.69 Å². The van der Waals surface area contributed by atoms with E-state index in [0.29, 0.717) is 16.6 Å². The van der Waals surface area contributed by atoms with Gasteiger partial charge >= 0.3 is 0 Å². The lowest BCUT2D eigenvalue weighted by atomic mass is 10.0. The highest BCUT2D eigenvalue weighted by Gasteiger charge is 2.18. The average molecular weight is 352 g/mol. The minimum atomic E-state index is -0.305. The fraction of sp³-hybridized carbons (Fsp3) is 0.0526. The summed E-state index contributed by atoms with van der Waals surface area (Å²) in [6.45, 7) is -0.112. The number of aliphatic imine (C=N–C) groups is 1. The summed E-state index contributed by atoms with van der Waals surface area (Å²) in [7, 11) is 0. The summed E-state index contributed by atoms with van der Waals surface area (Å²) in [6, 6.07) is 18.8. The van der Waals surface area contributed by atoms with Gasteiger partial charge in [0.15, 0.2) is 12.4 Å². The third-order valence-electron chi connectivity index (χ3n) is 3.87. The van der Waals surface area contributed by atoms with Crippen molar-refractivity contribution in [2.45, 2.75) is 0 Å². The maximum atomic E-state index is 12.0. The minimum Gasteiger partial charge on any atom is -0.484 e. The molecule has 0 radical (unpaired) electrons. The Morgan fingerprint density at radius 2 is 1.80 bits per heavy atom. The minimum absolute atomic E-state index is 0.112. The molecule has 0 saturated carbocycles. The van der Waals surface area contributed by atoms with Crippen molar-refractivity contribution in [3.8, 4) is 5.75 Å². The Kier molecular flexibility index (Phi) is 3.99. The molecule has 2 N–H and O–H groups in total. The lowest BCUT2D eigenvalue weighted by Crippen LogP contribution is -2.43. The zero-order valence-electron chi connectivity index (χ0n) is 13.1. The quantitative estimate of drug-likeness (QED) is 0.709. The molecule has 0 bridgehead atoms. The topological polar surface area (TPSA) is 62.7 Å². The van der Waals surface area contributed by atoms with E-state index in [9.17, 15) is 4.79 Å². The fourth-order valence-corrected chi connectivity index (χ4v) is 2.86. The van der Waals surface area contributed by atoms with Gasteiger partial charge in [0.1, 0.15) is 5.75 Å². The Morgan fingerprint density at radius 1 is 1.04 bits per heavy atom. The van der Waals surface area contributed by atoms with E-state index in [4.69, 9.17) is 16.3 Å². The molecule has 5 nitrogen and oxygen atoms in total. The van der Waals surface area contributed by atoms with Gasteiger partial charge in [-0.2, -0.15) is 0 Å². The van der Waals surface area contributed by atoms with E-state index < -0.39 is 0 Å².